The molecule has 0 aromatic heterocycles. The Labute approximate surface area is 150 Å². The fraction of sp³-hybridized carbons (Fsp3) is 0.368. The predicted molar refractivity (Wildman–Crippen MR) is 99.8 cm³/mol. The summed E-state index contributed by atoms with van der Waals surface area (Å²) in [5.41, 5.74) is 2.03. The van der Waals surface area contributed by atoms with Crippen LogP contribution >= 0.6 is 0 Å². The van der Waals surface area contributed by atoms with Gasteiger partial charge in [-0.3, -0.25) is 0 Å². The molecule has 0 N–H and O–H groups in total. The minimum Gasteiger partial charge on any atom is -0.497 e. The molecular weight excluding hydrogens is 338 g/mol. The Morgan fingerprint density at radius 3 is 2.20 bits per heavy atom. The van der Waals surface area contributed by atoms with E-state index in [1.165, 1.54) is 4.31 Å². The number of benzene rings is 2. The molecule has 0 bridgehead atoms. The number of rotatable bonds is 9. The van der Waals surface area contributed by atoms with E-state index in [0.717, 1.165) is 22.6 Å². The monoisotopic (exact) mass is 363 g/mol. The van der Waals surface area contributed by atoms with Gasteiger partial charge in [0, 0.05) is 13.6 Å². The van der Waals surface area contributed by atoms with Gasteiger partial charge < -0.3 is 9.47 Å². The maximum absolute atomic E-state index is 12.5. The van der Waals surface area contributed by atoms with Crippen molar-refractivity contribution in [1.29, 1.82) is 0 Å². The van der Waals surface area contributed by atoms with Crippen molar-refractivity contribution in [2.24, 2.45) is 0 Å². The number of hydrogen-bond acceptors (Lipinski definition) is 4. The molecule has 0 heterocycles. The van der Waals surface area contributed by atoms with Crippen LogP contribution < -0.4 is 9.47 Å². The van der Waals surface area contributed by atoms with Crippen LogP contribution in [-0.4, -0.2) is 46.3 Å². The largest absolute Gasteiger partial charge is 0.497 e. The summed E-state index contributed by atoms with van der Waals surface area (Å²) in [5, 5.41) is 0. The van der Waals surface area contributed by atoms with Crippen molar-refractivity contribution in [2.75, 3.05) is 33.6 Å². The van der Waals surface area contributed by atoms with Crippen molar-refractivity contribution in [3.63, 3.8) is 0 Å². The van der Waals surface area contributed by atoms with Gasteiger partial charge in [0.25, 0.3) is 0 Å². The standard InChI is InChI=1S/C19H25NO4S/c1-20(13-11-16-7-9-18(23-2)10-8-16)25(21,22)14-12-17-5-4-6-19(15-17)24-3/h4-10,15H,11-14H2,1-3H3. The zero-order valence-electron chi connectivity index (χ0n) is 14.9. The van der Waals surface area contributed by atoms with Crippen molar-refractivity contribution in [3.05, 3.63) is 59.7 Å². The van der Waals surface area contributed by atoms with Gasteiger partial charge in [0.15, 0.2) is 0 Å². The van der Waals surface area contributed by atoms with E-state index in [4.69, 9.17) is 9.47 Å². The fourth-order valence-electron chi connectivity index (χ4n) is 2.45. The van der Waals surface area contributed by atoms with Crippen LogP contribution in [0.25, 0.3) is 0 Å². The lowest BCUT2D eigenvalue weighted by atomic mass is 10.1. The van der Waals surface area contributed by atoms with Crippen molar-refractivity contribution in [1.82, 2.24) is 4.31 Å². The zero-order chi connectivity index (χ0) is 18.3. The van der Waals surface area contributed by atoms with E-state index in [1.54, 1.807) is 21.3 Å². The second-order valence-electron chi connectivity index (χ2n) is 5.84. The molecule has 0 fully saturated rings. The molecular formula is C19H25NO4S. The van der Waals surface area contributed by atoms with Crippen molar-refractivity contribution in [3.8, 4) is 11.5 Å². The number of hydrogen-bond donors (Lipinski definition) is 0. The predicted octanol–water partition coefficient (Wildman–Crippen LogP) is 2.75. The summed E-state index contributed by atoms with van der Waals surface area (Å²) in [6.07, 6.45) is 1.13. The quantitative estimate of drug-likeness (QED) is 0.687. The summed E-state index contributed by atoms with van der Waals surface area (Å²) >= 11 is 0. The third-order valence-corrected chi connectivity index (χ3v) is 5.98. The van der Waals surface area contributed by atoms with Crippen LogP contribution in [0.2, 0.25) is 0 Å². The first-order valence-corrected chi connectivity index (χ1v) is 9.75. The first-order chi connectivity index (χ1) is 11.9. The zero-order valence-corrected chi connectivity index (χ0v) is 15.8. The molecule has 0 atom stereocenters. The van der Waals surface area contributed by atoms with Gasteiger partial charge in [-0.15, -0.1) is 0 Å². The fourth-order valence-corrected chi connectivity index (χ4v) is 3.62. The normalized spacial score (nSPS) is 11.5. The van der Waals surface area contributed by atoms with Gasteiger partial charge in [0.1, 0.15) is 11.5 Å². The highest BCUT2D eigenvalue weighted by atomic mass is 32.2. The Kier molecular flexibility index (Phi) is 6.84. The molecule has 2 aromatic rings. The van der Waals surface area contributed by atoms with Gasteiger partial charge in [-0.05, 0) is 48.2 Å². The number of aryl methyl sites for hydroxylation is 1. The second kappa shape index (κ2) is 8.87. The average molecular weight is 363 g/mol. The molecule has 2 rings (SSSR count). The summed E-state index contributed by atoms with van der Waals surface area (Å²) in [6, 6.07) is 15.2. The van der Waals surface area contributed by atoms with Gasteiger partial charge in [0.05, 0.1) is 20.0 Å². The van der Waals surface area contributed by atoms with Crippen molar-refractivity contribution < 1.29 is 17.9 Å². The van der Waals surface area contributed by atoms with Crippen LogP contribution in [0.3, 0.4) is 0 Å². The molecule has 0 unspecified atom stereocenters. The highest BCUT2D eigenvalue weighted by Crippen LogP contribution is 2.15. The van der Waals surface area contributed by atoms with E-state index in [-0.39, 0.29) is 5.75 Å². The van der Waals surface area contributed by atoms with E-state index in [2.05, 4.69) is 0 Å². The lowest BCUT2D eigenvalue weighted by molar-refractivity contribution is 0.414. The lowest BCUT2D eigenvalue weighted by Gasteiger charge is -2.17. The van der Waals surface area contributed by atoms with E-state index in [1.807, 2.05) is 48.5 Å². The molecule has 0 aliphatic heterocycles. The lowest BCUT2D eigenvalue weighted by Crippen LogP contribution is -2.31. The maximum Gasteiger partial charge on any atom is 0.214 e. The van der Waals surface area contributed by atoms with Crippen LogP contribution in [0.15, 0.2) is 48.5 Å². The highest BCUT2D eigenvalue weighted by molar-refractivity contribution is 7.89. The molecule has 25 heavy (non-hydrogen) atoms. The number of sulfonamides is 1. The van der Waals surface area contributed by atoms with Gasteiger partial charge in [-0.25, -0.2) is 12.7 Å². The smallest absolute Gasteiger partial charge is 0.214 e. The third kappa shape index (κ3) is 5.76. The van der Waals surface area contributed by atoms with Crippen LogP contribution in [0.1, 0.15) is 11.1 Å². The molecule has 0 radical (unpaired) electrons. The minimum atomic E-state index is -3.29. The van der Waals surface area contributed by atoms with Crippen LogP contribution in [0.5, 0.6) is 11.5 Å². The second-order valence-corrected chi connectivity index (χ2v) is 8.03. The average Bonchev–Trinajstić information content (AvgIpc) is 2.65. The van der Waals surface area contributed by atoms with Crippen LogP contribution in [0.4, 0.5) is 0 Å². The summed E-state index contributed by atoms with van der Waals surface area (Å²) in [5.74, 6) is 1.62. The molecule has 0 aliphatic rings. The number of nitrogens with zero attached hydrogens (tertiary/aromatic N) is 1. The SMILES string of the molecule is COc1ccc(CCN(C)S(=O)(=O)CCc2cccc(OC)c2)cc1. The van der Waals surface area contributed by atoms with Gasteiger partial charge >= 0.3 is 0 Å². The van der Waals surface area contributed by atoms with Gasteiger partial charge in [-0.1, -0.05) is 24.3 Å². The minimum absolute atomic E-state index is 0.0826. The van der Waals surface area contributed by atoms with Gasteiger partial charge in [0.2, 0.25) is 10.0 Å². The van der Waals surface area contributed by atoms with E-state index >= 15 is 0 Å². The van der Waals surface area contributed by atoms with Crippen molar-refractivity contribution in [2.45, 2.75) is 12.8 Å². The van der Waals surface area contributed by atoms with Crippen molar-refractivity contribution >= 4 is 10.0 Å². The van der Waals surface area contributed by atoms with E-state index in [9.17, 15) is 8.42 Å². The number of ether oxygens (including phenoxy) is 2. The first-order valence-electron chi connectivity index (χ1n) is 8.14. The Morgan fingerprint density at radius 1 is 0.880 bits per heavy atom. The maximum atomic E-state index is 12.5. The first kappa shape index (κ1) is 19.3. The molecule has 0 aliphatic carbocycles. The Balaban J connectivity index is 1.89. The molecule has 136 valence electrons. The van der Waals surface area contributed by atoms with Crippen LogP contribution in [-0.2, 0) is 22.9 Å². The summed E-state index contributed by atoms with van der Waals surface area (Å²) < 4.78 is 36.6. The molecule has 0 spiro atoms. The summed E-state index contributed by atoms with van der Waals surface area (Å²) in [6.45, 7) is 0.451. The van der Waals surface area contributed by atoms with E-state index < -0.39 is 10.0 Å². The Morgan fingerprint density at radius 2 is 1.56 bits per heavy atom. The molecule has 0 saturated carbocycles. The molecule has 2 aromatic carbocycles. The molecule has 6 heteroatoms. The summed E-state index contributed by atoms with van der Waals surface area (Å²) in [4.78, 5) is 0. The molecule has 5 nitrogen and oxygen atoms in total. The number of likely N-dealkylation sites (N-methyl/N-ethyl adjacent to an activating group) is 1. The highest BCUT2D eigenvalue weighted by Gasteiger charge is 2.17. The summed E-state index contributed by atoms with van der Waals surface area (Å²) in [7, 11) is 1.56. The third-order valence-electron chi connectivity index (χ3n) is 4.13. The Bertz CT molecular complexity index is 772. The molecule has 0 amide bonds. The van der Waals surface area contributed by atoms with Crippen LogP contribution in [0, 0.1) is 0 Å². The van der Waals surface area contributed by atoms with Gasteiger partial charge in [-0.2, -0.15) is 0 Å². The number of methoxy groups -OCH3 is 2. The topological polar surface area (TPSA) is 55.8 Å². The van der Waals surface area contributed by atoms with E-state index in [0.29, 0.717) is 19.4 Å². The Hall–Kier alpha value is -2.05. The molecule has 0 saturated heterocycles.